The van der Waals surface area contributed by atoms with E-state index in [0.29, 0.717) is 30.6 Å². The molecule has 0 radical (unpaired) electrons. The number of hydrogen-bond donors (Lipinski definition) is 1. The van der Waals surface area contributed by atoms with Crippen LogP contribution >= 0.6 is 0 Å². The zero-order chi connectivity index (χ0) is 27.0. The summed E-state index contributed by atoms with van der Waals surface area (Å²) in [5, 5.41) is 12.0. The normalized spacial score (nSPS) is 21.8. The molecule has 2 aromatic rings. The number of alkyl halides is 3. The molecule has 8 nitrogen and oxygen atoms in total. The number of urea groups is 2. The molecule has 0 bridgehead atoms. The van der Waals surface area contributed by atoms with E-state index in [1.807, 2.05) is 6.07 Å². The first-order valence-electron chi connectivity index (χ1n) is 12.1. The van der Waals surface area contributed by atoms with Crippen LogP contribution in [0, 0.1) is 11.3 Å². The van der Waals surface area contributed by atoms with Crippen molar-refractivity contribution in [1.82, 2.24) is 10.2 Å². The number of carbonyl (C=O) groups excluding carboxylic acids is 3. The summed E-state index contributed by atoms with van der Waals surface area (Å²) in [5.41, 5.74) is 0.183. The highest BCUT2D eigenvalue weighted by Gasteiger charge is 2.48. The molecular formula is C27H23F3N4O4. The number of nitriles is 1. The van der Waals surface area contributed by atoms with E-state index in [-0.39, 0.29) is 48.2 Å². The molecule has 2 atom stereocenters. The standard InChI is InChI=1S/C27H23F3N4O4/c28-27(29,30)18-3-1-4-20(13-18)33-21-5-2-6-22(35)23(21)24(17-9-7-16(14-31)8-10-17)34(26(33)37)25(36)32-19-11-12-38-15-19/h1,3-4,7-10,13,19,24H,2,5-6,11-12,15H2,(H,32,36). The highest BCUT2D eigenvalue weighted by Crippen LogP contribution is 2.45. The summed E-state index contributed by atoms with van der Waals surface area (Å²) in [6.07, 6.45) is -3.28. The molecule has 196 valence electrons. The number of rotatable bonds is 3. The highest BCUT2D eigenvalue weighted by atomic mass is 19.4. The molecule has 1 N–H and O–H groups in total. The average Bonchev–Trinajstić information content (AvgIpc) is 3.41. The van der Waals surface area contributed by atoms with Crippen molar-refractivity contribution in [2.75, 3.05) is 18.1 Å². The summed E-state index contributed by atoms with van der Waals surface area (Å²) in [6.45, 7) is 0.682. The number of nitrogens with zero attached hydrogens (tertiary/aromatic N) is 3. The lowest BCUT2D eigenvalue weighted by Crippen LogP contribution is -2.58. The molecule has 2 aliphatic heterocycles. The smallest absolute Gasteiger partial charge is 0.379 e. The summed E-state index contributed by atoms with van der Waals surface area (Å²) in [6, 6.07) is 9.32. The molecule has 1 saturated heterocycles. The first-order chi connectivity index (χ1) is 18.2. The SMILES string of the molecule is N#Cc1ccc(C2C3=C(CCCC3=O)N(c3cccc(C(F)(F)F)c3)C(=O)N2C(=O)NC2CCOC2)cc1. The van der Waals surface area contributed by atoms with E-state index in [9.17, 15) is 32.8 Å². The van der Waals surface area contributed by atoms with Crippen LogP contribution in [0.1, 0.15) is 48.4 Å². The van der Waals surface area contributed by atoms with Gasteiger partial charge in [0.2, 0.25) is 0 Å². The van der Waals surface area contributed by atoms with Crippen LogP contribution in [0.25, 0.3) is 0 Å². The predicted molar refractivity (Wildman–Crippen MR) is 129 cm³/mol. The topological polar surface area (TPSA) is 103 Å². The number of carbonyl (C=O) groups is 3. The number of anilines is 1. The predicted octanol–water partition coefficient (Wildman–Crippen LogP) is 5.07. The van der Waals surface area contributed by atoms with E-state index < -0.39 is 29.8 Å². The van der Waals surface area contributed by atoms with Crippen LogP contribution in [0.3, 0.4) is 0 Å². The van der Waals surface area contributed by atoms with Crippen molar-refractivity contribution in [2.45, 2.75) is 43.9 Å². The third-order valence-corrected chi connectivity index (χ3v) is 6.89. The Balaban J connectivity index is 1.68. The van der Waals surface area contributed by atoms with E-state index in [1.165, 1.54) is 24.3 Å². The van der Waals surface area contributed by atoms with E-state index in [2.05, 4.69) is 5.32 Å². The number of benzene rings is 2. The fraction of sp³-hybridized carbons (Fsp3) is 0.333. The first kappa shape index (κ1) is 25.5. The highest BCUT2D eigenvalue weighted by molar-refractivity contribution is 6.11. The molecular weight excluding hydrogens is 501 g/mol. The number of imide groups is 1. The maximum atomic E-state index is 14.1. The lowest BCUT2D eigenvalue weighted by atomic mass is 9.83. The average molecular weight is 524 g/mol. The molecule has 2 aromatic carbocycles. The second kappa shape index (κ2) is 9.95. The first-order valence-corrected chi connectivity index (χ1v) is 12.1. The van der Waals surface area contributed by atoms with Crippen LogP contribution in [-0.4, -0.2) is 42.0 Å². The van der Waals surface area contributed by atoms with E-state index in [1.54, 1.807) is 12.1 Å². The minimum Gasteiger partial charge on any atom is -0.379 e. The number of Topliss-reactive ketones (excluding diaryl/α,β-unsaturated/α-hetero) is 1. The Kier molecular flexibility index (Phi) is 6.67. The minimum atomic E-state index is -4.65. The largest absolute Gasteiger partial charge is 0.416 e. The Bertz CT molecular complexity index is 1360. The molecule has 1 fully saturated rings. The van der Waals surface area contributed by atoms with Gasteiger partial charge in [0.1, 0.15) is 0 Å². The van der Waals surface area contributed by atoms with Crippen LogP contribution < -0.4 is 10.2 Å². The number of allylic oxidation sites excluding steroid dienone is 1. The van der Waals surface area contributed by atoms with Crippen molar-refractivity contribution in [2.24, 2.45) is 0 Å². The zero-order valence-corrected chi connectivity index (χ0v) is 20.1. The van der Waals surface area contributed by atoms with Crippen LogP contribution in [-0.2, 0) is 15.7 Å². The van der Waals surface area contributed by atoms with Gasteiger partial charge in [-0.2, -0.15) is 18.4 Å². The van der Waals surface area contributed by atoms with Crippen LogP contribution in [0.4, 0.5) is 28.4 Å². The van der Waals surface area contributed by atoms with E-state index >= 15 is 0 Å². The maximum absolute atomic E-state index is 14.1. The van der Waals surface area contributed by atoms with Gasteiger partial charge in [0.25, 0.3) is 0 Å². The quantitative estimate of drug-likeness (QED) is 0.604. The lowest BCUT2D eigenvalue weighted by Gasteiger charge is -2.44. The Labute approximate surface area is 216 Å². The van der Waals surface area contributed by atoms with Crippen molar-refractivity contribution in [3.05, 3.63) is 76.5 Å². The molecule has 4 amide bonds. The Morgan fingerprint density at radius 1 is 1.11 bits per heavy atom. The monoisotopic (exact) mass is 524 g/mol. The molecule has 0 spiro atoms. The second-order valence-electron chi connectivity index (χ2n) is 9.32. The molecule has 5 rings (SSSR count). The number of ketones is 1. The molecule has 0 aromatic heterocycles. The van der Waals surface area contributed by atoms with Crippen molar-refractivity contribution in [1.29, 1.82) is 5.26 Å². The van der Waals surface area contributed by atoms with Crippen molar-refractivity contribution >= 4 is 23.5 Å². The zero-order valence-electron chi connectivity index (χ0n) is 20.1. The number of amides is 4. The van der Waals surface area contributed by atoms with Gasteiger partial charge in [-0.3, -0.25) is 9.69 Å². The molecule has 3 aliphatic rings. The van der Waals surface area contributed by atoms with Gasteiger partial charge < -0.3 is 10.1 Å². The lowest BCUT2D eigenvalue weighted by molar-refractivity contribution is -0.137. The van der Waals surface area contributed by atoms with E-state index in [0.717, 1.165) is 21.9 Å². The van der Waals surface area contributed by atoms with Crippen molar-refractivity contribution in [3.8, 4) is 6.07 Å². The fourth-order valence-corrected chi connectivity index (χ4v) is 5.09. The Morgan fingerprint density at radius 3 is 2.53 bits per heavy atom. The van der Waals surface area contributed by atoms with Crippen molar-refractivity contribution in [3.63, 3.8) is 0 Å². The van der Waals surface area contributed by atoms with Gasteiger partial charge in [-0.15, -0.1) is 0 Å². The molecule has 2 unspecified atom stereocenters. The number of ether oxygens (including phenoxy) is 1. The van der Waals surface area contributed by atoms with Gasteiger partial charge in [0, 0.05) is 24.3 Å². The van der Waals surface area contributed by atoms with Crippen LogP contribution in [0.2, 0.25) is 0 Å². The molecule has 2 heterocycles. The van der Waals surface area contributed by atoms with Gasteiger partial charge >= 0.3 is 18.2 Å². The van der Waals surface area contributed by atoms with E-state index in [4.69, 9.17) is 4.74 Å². The summed E-state index contributed by atoms with van der Waals surface area (Å²) < 4.78 is 45.9. The van der Waals surface area contributed by atoms with Gasteiger partial charge in [-0.05, 0) is 55.2 Å². The number of nitrogens with one attached hydrogen (secondary N) is 1. The van der Waals surface area contributed by atoms with Crippen molar-refractivity contribution < 1.29 is 32.3 Å². The maximum Gasteiger partial charge on any atom is 0.416 e. The fourth-order valence-electron chi connectivity index (χ4n) is 5.09. The summed E-state index contributed by atoms with van der Waals surface area (Å²) in [7, 11) is 0. The summed E-state index contributed by atoms with van der Waals surface area (Å²) in [4.78, 5) is 42.9. The van der Waals surface area contributed by atoms with Gasteiger partial charge in [0.15, 0.2) is 5.78 Å². The molecule has 11 heteroatoms. The van der Waals surface area contributed by atoms with Crippen LogP contribution in [0.5, 0.6) is 0 Å². The van der Waals surface area contributed by atoms with Crippen LogP contribution in [0.15, 0.2) is 59.8 Å². The summed E-state index contributed by atoms with van der Waals surface area (Å²) >= 11 is 0. The molecule has 0 saturated carbocycles. The Morgan fingerprint density at radius 2 is 1.87 bits per heavy atom. The molecule has 1 aliphatic carbocycles. The number of halogens is 3. The third-order valence-electron chi connectivity index (χ3n) is 6.89. The second-order valence-corrected chi connectivity index (χ2v) is 9.32. The minimum absolute atomic E-state index is 0.0905. The van der Waals surface area contributed by atoms with Gasteiger partial charge in [-0.1, -0.05) is 18.2 Å². The summed E-state index contributed by atoms with van der Waals surface area (Å²) in [5.74, 6) is -0.299. The van der Waals surface area contributed by atoms with Gasteiger partial charge in [-0.25, -0.2) is 14.5 Å². The third kappa shape index (κ3) is 4.63. The number of hydrogen-bond acceptors (Lipinski definition) is 5. The Hall–Kier alpha value is -4.17. The van der Waals surface area contributed by atoms with Gasteiger partial charge in [0.05, 0.1) is 41.6 Å². The molecule has 38 heavy (non-hydrogen) atoms.